The molecule has 0 unspecified atom stereocenters. The molecular formula is C25H32N2O. The zero-order chi connectivity index (χ0) is 20.5. The van der Waals surface area contributed by atoms with Crippen molar-refractivity contribution < 1.29 is 4.74 Å². The van der Waals surface area contributed by atoms with Crippen LogP contribution < -0.4 is 4.74 Å². The highest BCUT2D eigenvalue weighted by atomic mass is 16.5. The number of ether oxygens (including phenoxy) is 1. The number of unbranched alkanes of at least 4 members (excludes halogenated alkanes) is 5. The van der Waals surface area contributed by atoms with Crippen molar-refractivity contribution in [3.05, 3.63) is 53.6 Å². The first-order chi connectivity index (χ1) is 13.8. The van der Waals surface area contributed by atoms with Gasteiger partial charge in [-0.3, -0.25) is 0 Å². The summed E-state index contributed by atoms with van der Waals surface area (Å²) in [5, 5.41) is 0. The van der Waals surface area contributed by atoms with E-state index < -0.39 is 0 Å². The lowest BCUT2D eigenvalue weighted by Crippen LogP contribution is -1.99. The van der Waals surface area contributed by atoms with Crippen LogP contribution in [-0.2, 0) is 6.42 Å². The van der Waals surface area contributed by atoms with Gasteiger partial charge in [-0.25, -0.2) is 9.97 Å². The van der Waals surface area contributed by atoms with Crippen LogP contribution in [0, 0.1) is 24.7 Å². The molecule has 2 aromatic rings. The standard InChI is InChI=1S/C23H30N2O.C2H2/c1-3-5-6-7-8-9-17-26-22-18-24-23(25-19-22)16-15-21-13-11-20(10-4-2)12-14-21;1-2/h11-14,18-19H,3-10,17H2,1-2H3;1-2H. The third-order valence-corrected chi connectivity index (χ3v) is 4.21. The van der Waals surface area contributed by atoms with E-state index in [1.165, 1.54) is 37.7 Å². The van der Waals surface area contributed by atoms with E-state index in [0.717, 1.165) is 31.4 Å². The lowest BCUT2D eigenvalue weighted by molar-refractivity contribution is 0.302. The van der Waals surface area contributed by atoms with Crippen LogP contribution in [0.2, 0.25) is 0 Å². The average Bonchev–Trinajstić information content (AvgIpc) is 2.75. The number of aryl methyl sites for hydroxylation is 1. The minimum Gasteiger partial charge on any atom is -0.490 e. The fourth-order valence-corrected chi connectivity index (χ4v) is 2.70. The quantitative estimate of drug-likeness (QED) is 0.387. The van der Waals surface area contributed by atoms with Crippen molar-refractivity contribution in [2.75, 3.05) is 6.61 Å². The SMILES string of the molecule is C#C.CCCCCCCCOc1cnc(C#Cc2ccc(CCC)cc2)nc1. The Kier molecular flexibility index (Phi) is 12.7. The van der Waals surface area contributed by atoms with Gasteiger partial charge in [0.25, 0.3) is 0 Å². The van der Waals surface area contributed by atoms with Crippen molar-refractivity contribution in [1.29, 1.82) is 0 Å². The van der Waals surface area contributed by atoms with Gasteiger partial charge in [0.2, 0.25) is 5.82 Å². The summed E-state index contributed by atoms with van der Waals surface area (Å²) in [7, 11) is 0. The first kappa shape index (κ1) is 23.3. The monoisotopic (exact) mass is 376 g/mol. The minimum atomic E-state index is 0.523. The molecule has 0 aliphatic carbocycles. The third kappa shape index (κ3) is 9.79. The molecule has 0 saturated heterocycles. The van der Waals surface area contributed by atoms with E-state index in [2.05, 4.69) is 72.8 Å². The Morgan fingerprint density at radius 1 is 0.821 bits per heavy atom. The smallest absolute Gasteiger partial charge is 0.205 e. The third-order valence-electron chi connectivity index (χ3n) is 4.21. The van der Waals surface area contributed by atoms with Gasteiger partial charge in [0, 0.05) is 5.56 Å². The van der Waals surface area contributed by atoms with Crippen LogP contribution in [0.15, 0.2) is 36.7 Å². The summed E-state index contributed by atoms with van der Waals surface area (Å²) in [6.07, 6.45) is 21.2. The van der Waals surface area contributed by atoms with Crippen molar-refractivity contribution in [3.63, 3.8) is 0 Å². The molecule has 3 heteroatoms. The van der Waals surface area contributed by atoms with E-state index in [1.54, 1.807) is 12.4 Å². The highest BCUT2D eigenvalue weighted by molar-refractivity contribution is 5.39. The Morgan fingerprint density at radius 2 is 1.46 bits per heavy atom. The molecule has 0 aliphatic rings. The number of nitrogens with zero attached hydrogens (tertiary/aromatic N) is 2. The van der Waals surface area contributed by atoms with Gasteiger partial charge in [-0.15, -0.1) is 12.8 Å². The van der Waals surface area contributed by atoms with Crippen LogP contribution in [0.4, 0.5) is 0 Å². The summed E-state index contributed by atoms with van der Waals surface area (Å²) in [6, 6.07) is 8.37. The molecule has 3 nitrogen and oxygen atoms in total. The Hall–Kier alpha value is -2.78. The van der Waals surface area contributed by atoms with E-state index in [9.17, 15) is 0 Å². The summed E-state index contributed by atoms with van der Waals surface area (Å²) in [5.41, 5.74) is 2.33. The van der Waals surface area contributed by atoms with Crippen molar-refractivity contribution in [2.45, 2.75) is 65.2 Å². The van der Waals surface area contributed by atoms with Gasteiger partial charge in [-0.05, 0) is 36.5 Å². The Labute approximate surface area is 171 Å². The second-order valence-corrected chi connectivity index (χ2v) is 6.56. The van der Waals surface area contributed by atoms with Gasteiger partial charge >= 0.3 is 0 Å². The molecule has 2 rings (SSSR count). The number of hydrogen-bond acceptors (Lipinski definition) is 3. The van der Waals surface area contributed by atoms with Crippen LogP contribution in [0.5, 0.6) is 5.75 Å². The fraction of sp³-hybridized carbons (Fsp3) is 0.440. The van der Waals surface area contributed by atoms with Crippen molar-refractivity contribution in [3.8, 4) is 30.4 Å². The molecule has 0 saturated carbocycles. The molecule has 0 amide bonds. The lowest BCUT2D eigenvalue weighted by atomic mass is 10.1. The molecule has 28 heavy (non-hydrogen) atoms. The first-order valence-electron chi connectivity index (χ1n) is 10.2. The van der Waals surface area contributed by atoms with Gasteiger partial charge < -0.3 is 4.74 Å². The summed E-state index contributed by atoms with van der Waals surface area (Å²) in [5.74, 6) is 7.36. The second-order valence-electron chi connectivity index (χ2n) is 6.56. The predicted octanol–water partition coefficient (Wildman–Crippen LogP) is 5.82. The summed E-state index contributed by atoms with van der Waals surface area (Å²) in [6.45, 7) is 5.15. The molecule has 1 aromatic heterocycles. The maximum absolute atomic E-state index is 5.69. The molecule has 0 N–H and O–H groups in total. The molecule has 148 valence electrons. The van der Waals surface area contributed by atoms with Crippen LogP contribution >= 0.6 is 0 Å². The highest BCUT2D eigenvalue weighted by Crippen LogP contribution is 2.09. The zero-order valence-electron chi connectivity index (χ0n) is 17.3. The first-order valence-corrected chi connectivity index (χ1v) is 10.2. The fourth-order valence-electron chi connectivity index (χ4n) is 2.70. The van der Waals surface area contributed by atoms with E-state index in [-0.39, 0.29) is 0 Å². The summed E-state index contributed by atoms with van der Waals surface area (Å²) >= 11 is 0. The maximum Gasteiger partial charge on any atom is 0.205 e. The molecule has 1 aromatic carbocycles. The predicted molar refractivity (Wildman–Crippen MR) is 117 cm³/mol. The second kappa shape index (κ2) is 15.3. The number of benzene rings is 1. The van der Waals surface area contributed by atoms with Crippen LogP contribution in [0.25, 0.3) is 0 Å². The highest BCUT2D eigenvalue weighted by Gasteiger charge is 1.97. The number of rotatable bonds is 10. The molecule has 0 radical (unpaired) electrons. The van der Waals surface area contributed by atoms with Crippen LogP contribution in [-0.4, -0.2) is 16.6 Å². The largest absolute Gasteiger partial charge is 0.490 e. The van der Waals surface area contributed by atoms with Gasteiger partial charge in [0.05, 0.1) is 19.0 Å². The van der Waals surface area contributed by atoms with Gasteiger partial charge in [-0.2, -0.15) is 0 Å². The van der Waals surface area contributed by atoms with Gasteiger partial charge in [0.1, 0.15) is 0 Å². The van der Waals surface area contributed by atoms with E-state index >= 15 is 0 Å². The Morgan fingerprint density at radius 3 is 2.11 bits per heavy atom. The summed E-state index contributed by atoms with van der Waals surface area (Å²) in [4.78, 5) is 8.54. The number of hydrogen-bond donors (Lipinski definition) is 0. The lowest BCUT2D eigenvalue weighted by Gasteiger charge is -2.05. The zero-order valence-corrected chi connectivity index (χ0v) is 17.3. The van der Waals surface area contributed by atoms with E-state index in [1.807, 2.05) is 0 Å². The molecule has 0 fully saturated rings. The molecule has 0 bridgehead atoms. The Balaban J connectivity index is 0.00000190. The number of terminal acetylenes is 1. The van der Waals surface area contributed by atoms with Crippen molar-refractivity contribution in [2.24, 2.45) is 0 Å². The molecule has 1 heterocycles. The molecule has 0 aliphatic heterocycles. The van der Waals surface area contributed by atoms with Crippen molar-refractivity contribution in [1.82, 2.24) is 9.97 Å². The van der Waals surface area contributed by atoms with E-state index in [0.29, 0.717) is 11.6 Å². The van der Waals surface area contributed by atoms with Crippen molar-refractivity contribution >= 4 is 0 Å². The topological polar surface area (TPSA) is 35.0 Å². The number of aromatic nitrogens is 2. The summed E-state index contributed by atoms with van der Waals surface area (Å²) < 4.78 is 5.69. The van der Waals surface area contributed by atoms with Gasteiger partial charge in [-0.1, -0.05) is 70.4 Å². The Bertz CT molecular complexity index is 721. The van der Waals surface area contributed by atoms with Crippen LogP contribution in [0.1, 0.15) is 75.7 Å². The molecule has 0 atom stereocenters. The molecular weight excluding hydrogens is 344 g/mol. The minimum absolute atomic E-state index is 0.523. The van der Waals surface area contributed by atoms with Crippen LogP contribution in [0.3, 0.4) is 0 Å². The average molecular weight is 377 g/mol. The maximum atomic E-state index is 5.69. The molecule has 0 spiro atoms. The van der Waals surface area contributed by atoms with Gasteiger partial charge in [0.15, 0.2) is 5.75 Å². The normalized spacial score (nSPS) is 9.57. The van der Waals surface area contributed by atoms with E-state index in [4.69, 9.17) is 4.74 Å².